The number of hydrogen-bond donors (Lipinski definition) is 2. The molecule has 1 amide bonds. The second kappa shape index (κ2) is 10.1. The van der Waals surface area contributed by atoms with Crippen LogP contribution in [-0.4, -0.2) is 59.1 Å². The van der Waals surface area contributed by atoms with Crippen LogP contribution in [0, 0.1) is 0 Å². The summed E-state index contributed by atoms with van der Waals surface area (Å²) in [7, 11) is -2.38. The summed E-state index contributed by atoms with van der Waals surface area (Å²) in [5.74, 6) is -0.444. The van der Waals surface area contributed by atoms with E-state index in [1.54, 1.807) is 0 Å². The van der Waals surface area contributed by atoms with E-state index >= 15 is 0 Å². The zero-order valence-corrected chi connectivity index (χ0v) is 18.7. The van der Waals surface area contributed by atoms with E-state index in [1.165, 1.54) is 25.2 Å². The smallest absolute Gasteiger partial charge is 0.252 e. The lowest BCUT2D eigenvalue weighted by atomic mass is 10.0. The first-order valence-electron chi connectivity index (χ1n) is 9.40. The molecule has 3 rings (SSSR count). The van der Waals surface area contributed by atoms with Crippen LogP contribution in [0.15, 0.2) is 47.4 Å². The van der Waals surface area contributed by atoms with Crippen molar-refractivity contribution < 1.29 is 17.9 Å². The third kappa shape index (κ3) is 5.51. The Hall–Kier alpha value is -1.68. The minimum Gasteiger partial charge on any atom is -0.379 e. The Morgan fingerprint density at radius 3 is 2.43 bits per heavy atom. The summed E-state index contributed by atoms with van der Waals surface area (Å²) in [6.45, 7) is 3.03. The lowest BCUT2D eigenvalue weighted by Crippen LogP contribution is -2.43. The van der Waals surface area contributed by atoms with Crippen molar-refractivity contribution >= 4 is 39.1 Å². The Kier molecular flexibility index (Phi) is 7.73. The van der Waals surface area contributed by atoms with Crippen LogP contribution in [0.1, 0.15) is 22.0 Å². The van der Waals surface area contributed by atoms with E-state index in [0.717, 1.165) is 18.7 Å². The van der Waals surface area contributed by atoms with Crippen molar-refractivity contribution in [3.63, 3.8) is 0 Å². The molecule has 2 N–H and O–H groups in total. The van der Waals surface area contributed by atoms with Crippen LogP contribution in [0.2, 0.25) is 10.0 Å². The predicted octanol–water partition coefficient (Wildman–Crippen LogP) is 2.70. The molecule has 7 nitrogen and oxygen atoms in total. The molecule has 162 valence electrons. The summed E-state index contributed by atoms with van der Waals surface area (Å²) >= 11 is 12.2. The van der Waals surface area contributed by atoms with Gasteiger partial charge in [-0.2, -0.15) is 0 Å². The maximum Gasteiger partial charge on any atom is 0.252 e. The highest BCUT2D eigenvalue weighted by atomic mass is 35.5. The number of amides is 1. The number of ether oxygens (including phenoxy) is 1. The highest BCUT2D eigenvalue weighted by molar-refractivity contribution is 7.89. The molecule has 30 heavy (non-hydrogen) atoms. The average molecular weight is 472 g/mol. The quantitative estimate of drug-likeness (QED) is 0.647. The maximum absolute atomic E-state index is 12.8. The number of carbonyl (C=O) groups is 1. The third-order valence-electron chi connectivity index (χ3n) is 4.96. The molecule has 0 bridgehead atoms. The number of nitrogens with zero attached hydrogens (tertiary/aromatic N) is 1. The largest absolute Gasteiger partial charge is 0.379 e. The fourth-order valence-corrected chi connectivity index (χ4v) is 4.37. The second-order valence-corrected chi connectivity index (χ2v) is 9.51. The van der Waals surface area contributed by atoms with Gasteiger partial charge in [0.25, 0.3) is 5.91 Å². The lowest BCUT2D eigenvalue weighted by molar-refractivity contribution is 0.0162. The molecular weight excluding hydrogens is 449 g/mol. The van der Waals surface area contributed by atoms with Gasteiger partial charge in [0, 0.05) is 24.7 Å². The molecule has 0 aliphatic carbocycles. The molecule has 2 aromatic rings. The topological polar surface area (TPSA) is 87.7 Å². The molecule has 10 heteroatoms. The van der Waals surface area contributed by atoms with E-state index in [4.69, 9.17) is 27.9 Å². The van der Waals surface area contributed by atoms with E-state index in [2.05, 4.69) is 14.9 Å². The number of sulfonamides is 1. The van der Waals surface area contributed by atoms with Gasteiger partial charge in [-0.1, -0.05) is 35.3 Å². The number of rotatable bonds is 7. The van der Waals surface area contributed by atoms with Gasteiger partial charge < -0.3 is 10.1 Å². The number of hydrogen-bond acceptors (Lipinski definition) is 5. The van der Waals surface area contributed by atoms with Crippen LogP contribution in [-0.2, 0) is 14.8 Å². The molecule has 0 radical (unpaired) electrons. The summed E-state index contributed by atoms with van der Waals surface area (Å²) < 4.78 is 31.8. The minimum absolute atomic E-state index is 0.0259. The van der Waals surface area contributed by atoms with Crippen molar-refractivity contribution in [3.05, 3.63) is 63.6 Å². The third-order valence-corrected chi connectivity index (χ3v) is 6.95. The van der Waals surface area contributed by atoms with Crippen molar-refractivity contribution in [1.82, 2.24) is 14.9 Å². The standard InChI is InChI=1S/C20H23Cl2N3O4S/c1-23-30(27,28)16-6-7-18(22)17(12-16)20(26)24-13-19(25-8-10-29-11-9-25)14-2-4-15(21)5-3-14/h2-7,12,19,23H,8-11,13H2,1H3,(H,24,26). The molecule has 1 unspecified atom stereocenters. The Bertz CT molecular complexity index is 994. The van der Waals surface area contributed by atoms with Gasteiger partial charge in [0.15, 0.2) is 0 Å². The molecule has 0 aromatic heterocycles. The first-order chi connectivity index (χ1) is 14.3. The normalized spacial score (nSPS) is 16.2. The highest BCUT2D eigenvalue weighted by Gasteiger charge is 2.24. The van der Waals surface area contributed by atoms with Crippen molar-refractivity contribution in [1.29, 1.82) is 0 Å². The average Bonchev–Trinajstić information content (AvgIpc) is 2.76. The second-order valence-electron chi connectivity index (χ2n) is 6.77. The lowest BCUT2D eigenvalue weighted by Gasteiger charge is -2.35. The van der Waals surface area contributed by atoms with E-state index in [0.29, 0.717) is 24.8 Å². The number of carbonyl (C=O) groups excluding carboxylic acids is 1. The van der Waals surface area contributed by atoms with Crippen molar-refractivity contribution in [2.24, 2.45) is 0 Å². The molecule has 1 aliphatic rings. The van der Waals surface area contributed by atoms with Crippen LogP contribution in [0.5, 0.6) is 0 Å². The molecule has 1 aliphatic heterocycles. The SMILES string of the molecule is CNS(=O)(=O)c1ccc(Cl)c(C(=O)NCC(c2ccc(Cl)cc2)N2CCOCC2)c1. The van der Waals surface area contributed by atoms with Gasteiger partial charge in [-0.15, -0.1) is 0 Å². The molecule has 1 saturated heterocycles. The van der Waals surface area contributed by atoms with E-state index < -0.39 is 15.9 Å². The van der Waals surface area contributed by atoms with Crippen molar-refractivity contribution in [2.75, 3.05) is 39.9 Å². The van der Waals surface area contributed by atoms with E-state index in [9.17, 15) is 13.2 Å². The fourth-order valence-electron chi connectivity index (χ4n) is 3.28. The fraction of sp³-hybridized carbons (Fsp3) is 0.350. The highest BCUT2D eigenvalue weighted by Crippen LogP contribution is 2.24. The molecule has 1 heterocycles. The molecule has 0 spiro atoms. The monoisotopic (exact) mass is 471 g/mol. The molecule has 0 saturated carbocycles. The maximum atomic E-state index is 12.8. The predicted molar refractivity (Wildman–Crippen MR) is 117 cm³/mol. The number of benzene rings is 2. The zero-order chi connectivity index (χ0) is 21.7. The van der Waals surface area contributed by atoms with Gasteiger partial charge in [-0.25, -0.2) is 13.1 Å². The Morgan fingerprint density at radius 2 is 1.80 bits per heavy atom. The van der Waals surface area contributed by atoms with Crippen molar-refractivity contribution in [2.45, 2.75) is 10.9 Å². The molecule has 1 atom stereocenters. The Morgan fingerprint density at radius 1 is 1.13 bits per heavy atom. The van der Waals surface area contributed by atoms with Crippen molar-refractivity contribution in [3.8, 4) is 0 Å². The summed E-state index contributed by atoms with van der Waals surface area (Å²) in [4.78, 5) is 15.0. The summed E-state index contributed by atoms with van der Waals surface area (Å²) in [6, 6.07) is 11.4. The van der Waals surface area contributed by atoms with Crippen LogP contribution in [0.3, 0.4) is 0 Å². The Balaban J connectivity index is 1.80. The number of nitrogens with one attached hydrogen (secondary N) is 2. The van der Waals surface area contributed by atoms with Gasteiger partial charge in [-0.3, -0.25) is 9.69 Å². The number of halogens is 2. The number of morpholine rings is 1. The van der Waals surface area contributed by atoms with E-state index in [1.807, 2.05) is 24.3 Å². The van der Waals surface area contributed by atoms with Crippen LogP contribution >= 0.6 is 23.2 Å². The summed E-state index contributed by atoms with van der Waals surface area (Å²) in [5.41, 5.74) is 1.11. The van der Waals surface area contributed by atoms with Crippen LogP contribution in [0.25, 0.3) is 0 Å². The Labute approximate surface area is 186 Å². The zero-order valence-electron chi connectivity index (χ0n) is 16.4. The molecule has 1 fully saturated rings. The van der Waals surface area contributed by atoms with E-state index in [-0.39, 0.29) is 21.5 Å². The van der Waals surface area contributed by atoms with Gasteiger partial charge in [0.1, 0.15) is 0 Å². The molecular formula is C20H23Cl2N3O4S. The van der Waals surface area contributed by atoms with Crippen LogP contribution in [0.4, 0.5) is 0 Å². The van der Waals surface area contributed by atoms with Gasteiger partial charge >= 0.3 is 0 Å². The first-order valence-corrected chi connectivity index (χ1v) is 11.6. The summed E-state index contributed by atoms with van der Waals surface area (Å²) in [6.07, 6.45) is 0. The van der Waals surface area contributed by atoms with Gasteiger partial charge in [0.05, 0.1) is 34.7 Å². The van der Waals surface area contributed by atoms with Gasteiger partial charge in [0.2, 0.25) is 10.0 Å². The van der Waals surface area contributed by atoms with Gasteiger partial charge in [-0.05, 0) is 42.9 Å². The van der Waals surface area contributed by atoms with Crippen LogP contribution < -0.4 is 10.0 Å². The molecule has 2 aromatic carbocycles. The summed E-state index contributed by atoms with van der Waals surface area (Å²) in [5, 5.41) is 3.71. The first kappa shape index (κ1) is 23.0. The minimum atomic E-state index is -3.69.